The fraction of sp³-hybridized carbons (Fsp3) is 0.211. The summed E-state index contributed by atoms with van der Waals surface area (Å²) in [6, 6.07) is 14.0. The summed E-state index contributed by atoms with van der Waals surface area (Å²) in [7, 11) is 0. The second kappa shape index (κ2) is 9.05. The number of benzene rings is 2. The standard InChI is InChI=1S/C19H18ClN3O4/c1-2-11-25-15-7-3-13(4-8-15)18-22-19(23-27-18)21-17(24)12-26-16-9-5-14(20)6-10-16/h3-10H,2,11-12H2,1H3,(H,21,23,24). The molecule has 0 radical (unpaired) electrons. The smallest absolute Gasteiger partial charge is 0.270 e. The van der Waals surface area contributed by atoms with Crippen LogP contribution in [-0.4, -0.2) is 29.3 Å². The maximum atomic E-state index is 11.9. The van der Waals surface area contributed by atoms with E-state index in [4.69, 9.17) is 25.6 Å². The Balaban J connectivity index is 1.54. The SMILES string of the molecule is CCCOc1ccc(-c2nc(NC(=O)COc3ccc(Cl)cc3)no2)cc1. The van der Waals surface area contributed by atoms with Crippen LogP contribution in [0.3, 0.4) is 0 Å². The van der Waals surface area contributed by atoms with E-state index in [9.17, 15) is 4.79 Å². The first-order valence-corrected chi connectivity index (χ1v) is 8.77. The number of ether oxygens (including phenoxy) is 2. The maximum Gasteiger partial charge on any atom is 0.270 e. The normalized spacial score (nSPS) is 10.4. The lowest BCUT2D eigenvalue weighted by molar-refractivity contribution is -0.118. The van der Waals surface area contributed by atoms with E-state index in [0.29, 0.717) is 23.3 Å². The van der Waals surface area contributed by atoms with Crippen LogP contribution in [0.15, 0.2) is 53.1 Å². The Morgan fingerprint density at radius 2 is 1.74 bits per heavy atom. The highest BCUT2D eigenvalue weighted by Gasteiger charge is 2.12. The van der Waals surface area contributed by atoms with E-state index in [1.165, 1.54) is 0 Å². The van der Waals surface area contributed by atoms with Crippen molar-refractivity contribution in [1.29, 1.82) is 0 Å². The van der Waals surface area contributed by atoms with Gasteiger partial charge in [0.05, 0.1) is 6.61 Å². The molecular formula is C19H18ClN3O4. The third kappa shape index (κ3) is 5.46. The number of nitrogens with one attached hydrogen (secondary N) is 1. The molecular weight excluding hydrogens is 370 g/mol. The van der Waals surface area contributed by atoms with Crippen LogP contribution in [0, 0.1) is 0 Å². The highest BCUT2D eigenvalue weighted by Crippen LogP contribution is 2.22. The van der Waals surface area contributed by atoms with Gasteiger partial charge >= 0.3 is 0 Å². The Hall–Kier alpha value is -3.06. The number of aromatic nitrogens is 2. The number of hydrogen-bond acceptors (Lipinski definition) is 6. The van der Waals surface area contributed by atoms with Gasteiger partial charge in [-0.1, -0.05) is 18.5 Å². The average molecular weight is 388 g/mol. The van der Waals surface area contributed by atoms with Crippen molar-refractivity contribution >= 4 is 23.5 Å². The summed E-state index contributed by atoms with van der Waals surface area (Å²) in [6.45, 7) is 2.52. The Labute approximate surface area is 161 Å². The molecule has 8 heteroatoms. The van der Waals surface area contributed by atoms with Gasteiger partial charge in [0, 0.05) is 10.6 Å². The van der Waals surface area contributed by atoms with Gasteiger partial charge in [-0.2, -0.15) is 4.98 Å². The van der Waals surface area contributed by atoms with E-state index in [2.05, 4.69) is 15.5 Å². The lowest BCUT2D eigenvalue weighted by atomic mass is 10.2. The van der Waals surface area contributed by atoms with Gasteiger partial charge in [0.15, 0.2) is 6.61 Å². The third-order valence-corrected chi connectivity index (χ3v) is 3.69. The van der Waals surface area contributed by atoms with Crippen molar-refractivity contribution in [2.75, 3.05) is 18.5 Å². The first kappa shape index (κ1) is 18.7. The van der Waals surface area contributed by atoms with Crippen LogP contribution >= 0.6 is 11.6 Å². The summed E-state index contributed by atoms with van der Waals surface area (Å²) < 4.78 is 16.1. The van der Waals surface area contributed by atoms with Gasteiger partial charge in [-0.25, -0.2) is 0 Å². The zero-order valence-corrected chi connectivity index (χ0v) is 15.4. The van der Waals surface area contributed by atoms with Crippen LogP contribution in [0.2, 0.25) is 5.02 Å². The number of rotatable bonds is 8. The highest BCUT2D eigenvalue weighted by molar-refractivity contribution is 6.30. The largest absolute Gasteiger partial charge is 0.494 e. The van der Waals surface area contributed by atoms with E-state index in [0.717, 1.165) is 17.7 Å². The number of halogens is 1. The zero-order chi connectivity index (χ0) is 19.1. The lowest BCUT2D eigenvalue weighted by Crippen LogP contribution is -2.20. The number of hydrogen-bond donors (Lipinski definition) is 1. The van der Waals surface area contributed by atoms with E-state index in [-0.39, 0.29) is 12.6 Å². The second-order valence-corrected chi connectivity index (χ2v) is 6.02. The molecule has 140 valence electrons. The summed E-state index contributed by atoms with van der Waals surface area (Å²) >= 11 is 5.80. The molecule has 27 heavy (non-hydrogen) atoms. The van der Waals surface area contributed by atoms with E-state index in [1.807, 2.05) is 31.2 Å². The van der Waals surface area contributed by atoms with Crippen molar-refractivity contribution in [3.8, 4) is 23.0 Å². The van der Waals surface area contributed by atoms with E-state index in [1.54, 1.807) is 24.3 Å². The summed E-state index contributed by atoms with van der Waals surface area (Å²) in [4.78, 5) is 16.1. The fourth-order valence-electron chi connectivity index (χ4n) is 2.15. The van der Waals surface area contributed by atoms with Gasteiger partial charge in [0.1, 0.15) is 11.5 Å². The van der Waals surface area contributed by atoms with Crippen molar-refractivity contribution < 1.29 is 18.8 Å². The predicted molar refractivity (Wildman–Crippen MR) is 101 cm³/mol. The van der Waals surface area contributed by atoms with Gasteiger partial charge in [0.25, 0.3) is 17.7 Å². The summed E-state index contributed by atoms with van der Waals surface area (Å²) in [5.74, 6) is 1.27. The van der Waals surface area contributed by atoms with E-state index < -0.39 is 5.91 Å². The number of anilines is 1. The average Bonchev–Trinajstić information content (AvgIpc) is 3.14. The van der Waals surface area contributed by atoms with E-state index >= 15 is 0 Å². The van der Waals surface area contributed by atoms with Crippen LogP contribution < -0.4 is 14.8 Å². The Morgan fingerprint density at radius 3 is 2.44 bits per heavy atom. The zero-order valence-electron chi connectivity index (χ0n) is 14.6. The molecule has 0 aliphatic carbocycles. The molecule has 1 heterocycles. The molecule has 0 fully saturated rings. The minimum Gasteiger partial charge on any atom is -0.494 e. The summed E-state index contributed by atoms with van der Waals surface area (Å²) in [5, 5.41) is 6.86. The number of carbonyl (C=O) groups excluding carboxylic acids is 1. The maximum absolute atomic E-state index is 11.9. The molecule has 0 saturated carbocycles. The molecule has 0 unspecified atom stereocenters. The van der Waals surface area contributed by atoms with Crippen molar-refractivity contribution in [3.63, 3.8) is 0 Å². The molecule has 1 aromatic heterocycles. The van der Waals surface area contributed by atoms with Crippen LogP contribution in [0.25, 0.3) is 11.5 Å². The monoisotopic (exact) mass is 387 g/mol. The first-order chi connectivity index (χ1) is 13.1. The van der Waals surface area contributed by atoms with Crippen molar-refractivity contribution in [2.45, 2.75) is 13.3 Å². The Morgan fingerprint density at radius 1 is 1.07 bits per heavy atom. The number of amides is 1. The van der Waals surface area contributed by atoms with Crippen LogP contribution in [0.1, 0.15) is 13.3 Å². The number of nitrogens with zero attached hydrogens (tertiary/aromatic N) is 2. The summed E-state index contributed by atoms with van der Waals surface area (Å²) in [5.41, 5.74) is 0.726. The third-order valence-electron chi connectivity index (χ3n) is 3.43. The minimum absolute atomic E-state index is 0.0704. The molecule has 3 aromatic rings. The van der Waals surface area contributed by atoms with Gasteiger partial charge in [-0.3, -0.25) is 10.1 Å². The molecule has 2 aromatic carbocycles. The molecule has 0 bridgehead atoms. The van der Waals surface area contributed by atoms with Crippen molar-refractivity contribution in [2.24, 2.45) is 0 Å². The predicted octanol–water partition coefficient (Wildman–Crippen LogP) is 4.20. The topological polar surface area (TPSA) is 86.5 Å². The fourth-order valence-corrected chi connectivity index (χ4v) is 2.27. The van der Waals surface area contributed by atoms with Gasteiger partial charge in [-0.15, -0.1) is 0 Å². The molecule has 0 atom stereocenters. The molecule has 7 nitrogen and oxygen atoms in total. The van der Waals surface area contributed by atoms with Crippen LogP contribution in [-0.2, 0) is 4.79 Å². The summed E-state index contributed by atoms with van der Waals surface area (Å²) in [6.07, 6.45) is 0.941. The Kier molecular flexibility index (Phi) is 6.27. The van der Waals surface area contributed by atoms with Crippen molar-refractivity contribution in [1.82, 2.24) is 10.1 Å². The van der Waals surface area contributed by atoms with Crippen LogP contribution in [0.4, 0.5) is 5.95 Å². The molecule has 0 aliphatic rings. The quantitative estimate of drug-likeness (QED) is 0.623. The molecule has 0 saturated heterocycles. The molecule has 1 N–H and O–H groups in total. The Bertz CT molecular complexity index is 879. The first-order valence-electron chi connectivity index (χ1n) is 8.39. The van der Waals surface area contributed by atoms with Gasteiger partial charge in [-0.05, 0) is 60.1 Å². The molecule has 0 spiro atoms. The minimum atomic E-state index is -0.402. The number of carbonyl (C=O) groups is 1. The lowest BCUT2D eigenvalue weighted by Gasteiger charge is -2.05. The van der Waals surface area contributed by atoms with Gasteiger partial charge < -0.3 is 14.0 Å². The molecule has 1 amide bonds. The molecule has 3 rings (SSSR count). The van der Waals surface area contributed by atoms with Gasteiger partial charge in [0.2, 0.25) is 0 Å². The molecule has 0 aliphatic heterocycles. The van der Waals surface area contributed by atoms with Crippen LogP contribution in [0.5, 0.6) is 11.5 Å². The second-order valence-electron chi connectivity index (χ2n) is 5.59. The van der Waals surface area contributed by atoms with Crippen molar-refractivity contribution in [3.05, 3.63) is 53.6 Å². The highest BCUT2D eigenvalue weighted by atomic mass is 35.5.